The number of nitrogens with zero attached hydrogens (tertiary/aromatic N) is 1. The number of para-hydroxylation sites is 1. The van der Waals surface area contributed by atoms with Crippen LogP contribution in [-0.2, 0) is 0 Å². The zero-order chi connectivity index (χ0) is 41.0. The third-order valence-electron chi connectivity index (χ3n) is 12.5. The van der Waals surface area contributed by atoms with Gasteiger partial charge in [0.25, 0.3) is 0 Å². The summed E-state index contributed by atoms with van der Waals surface area (Å²) in [6.45, 7) is 0. The fraction of sp³-hybridized carbons (Fsp3) is 0. The zero-order valence-corrected chi connectivity index (χ0v) is 33.9. The molecule has 12 aromatic rings. The van der Waals surface area contributed by atoms with Gasteiger partial charge in [-0.1, -0.05) is 176 Å². The van der Waals surface area contributed by atoms with Gasteiger partial charge < -0.3 is 9.32 Å². The van der Waals surface area contributed by atoms with Crippen molar-refractivity contribution in [3.8, 4) is 44.5 Å². The van der Waals surface area contributed by atoms with E-state index < -0.39 is 0 Å². The average molecular weight is 790 g/mol. The van der Waals surface area contributed by atoms with Crippen molar-refractivity contribution in [2.45, 2.75) is 0 Å². The van der Waals surface area contributed by atoms with Crippen LogP contribution in [0.2, 0.25) is 0 Å². The molecule has 0 atom stereocenters. The molecular weight excluding hydrogens is 751 g/mol. The lowest BCUT2D eigenvalue weighted by Crippen LogP contribution is -2.10. The van der Waals surface area contributed by atoms with Crippen molar-refractivity contribution < 1.29 is 4.42 Å². The molecule has 0 spiro atoms. The average Bonchev–Trinajstić information content (AvgIpc) is 3.72. The van der Waals surface area contributed by atoms with Crippen molar-refractivity contribution in [3.05, 3.63) is 237 Å². The molecule has 0 aliphatic heterocycles. The van der Waals surface area contributed by atoms with Crippen molar-refractivity contribution in [2.75, 3.05) is 4.90 Å². The Balaban J connectivity index is 0.936. The Morgan fingerprint density at radius 2 is 0.758 bits per heavy atom. The van der Waals surface area contributed by atoms with Gasteiger partial charge in [-0.05, 0) is 137 Å². The Hall–Kier alpha value is -8.20. The normalized spacial score (nSPS) is 11.5. The minimum atomic E-state index is 0.898. The van der Waals surface area contributed by atoms with Crippen LogP contribution in [0.4, 0.5) is 17.1 Å². The van der Waals surface area contributed by atoms with E-state index in [1.807, 2.05) is 12.1 Å². The van der Waals surface area contributed by atoms with Crippen LogP contribution in [0.3, 0.4) is 0 Å². The molecular formula is C60H39NO. The summed E-state index contributed by atoms with van der Waals surface area (Å²) < 4.78 is 6.18. The van der Waals surface area contributed by atoms with E-state index in [1.165, 1.54) is 65.7 Å². The molecule has 0 N–H and O–H groups in total. The summed E-state index contributed by atoms with van der Waals surface area (Å²) in [6, 6.07) is 85.6. The molecule has 2 nitrogen and oxygen atoms in total. The first-order chi connectivity index (χ1) is 30.7. The first-order valence-corrected chi connectivity index (χ1v) is 21.2. The molecule has 0 saturated heterocycles. The highest BCUT2D eigenvalue weighted by Gasteiger charge is 2.17. The second-order valence-electron chi connectivity index (χ2n) is 16.1. The Kier molecular flexibility index (Phi) is 8.53. The number of hydrogen-bond acceptors (Lipinski definition) is 2. The van der Waals surface area contributed by atoms with E-state index in [2.05, 4.69) is 229 Å². The molecule has 11 aromatic carbocycles. The summed E-state index contributed by atoms with van der Waals surface area (Å²) in [7, 11) is 0. The Morgan fingerprint density at radius 3 is 1.53 bits per heavy atom. The first kappa shape index (κ1) is 35.7. The predicted molar refractivity (Wildman–Crippen MR) is 263 cm³/mol. The number of fused-ring (bicyclic) bond motifs is 7. The van der Waals surface area contributed by atoms with E-state index >= 15 is 0 Å². The monoisotopic (exact) mass is 789 g/mol. The second-order valence-corrected chi connectivity index (χ2v) is 16.1. The molecule has 12 rings (SSSR count). The standard InChI is InChI=1S/C60H39NO/c1-3-16-51-42(11-1)13-10-21-52(51)43-25-23-40(24-26-43)41-27-32-48(33-28-41)61(50-15-9-14-45(37-50)46-31-36-60-58(38-46)56-20-7-8-22-59(56)62-60)49-34-29-44(30-35-49)57-39-47-12-2-4-17-53(47)54-18-5-6-19-55(54)57/h1-39H. The first-order valence-electron chi connectivity index (χ1n) is 21.2. The molecule has 1 heterocycles. The summed E-state index contributed by atoms with van der Waals surface area (Å²) in [4.78, 5) is 2.37. The molecule has 0 fully saturated rings. The van der Waals surface area contributed by atoms with Crippen molar-refractivity contribution in [2.24, 2.45) is 0 Å². The summed E-state index contributed by atoms with van der Waals surface area (Å²) in [5.74, 6) is 0. The fourth-order valence-corrected chi connectivity index (χ4v) is 9.38. The van der Waals surface area contributed by atoms with Crippen LogP contribution in [0.5, 0.6) is 0 Å². The third-order valence-corrected chi connectivity index (χ3v) is 12.5. The highest BCUT2D eigenvalue weighted by molar-refractivity contribution is 6.14. The molecule has 2 heteroatoms. The number of hydrogen-bond donors (Lipinski definition) is 0. The summed E-state index contributed by atoms with van der Waals surface area (Å²) in [5.41, 5.74) is 14.6. The van der Waals surface area contributed by atoms with Crippen molar-refractivity contribution >= 4 is 71.3 Å². The van der Waals surface area contributed by atoms with Crippen LogP contribution >= 0.6 is 0 Å². The lowest BCUT2D eigenvalue weighted by atomic mass is 9.93. The summed E-state index contributed by atoms with van der Waals surface area (Å²) in [6.07, 6.45) is 0. The van der Waals surface area contributed by atoms with Crippen LogP contribution < -0.4 is 4.90 Å². The fourth-order valence-electron chi connectivity index (χ4n) is 9.38. The van der Waals surface area contributed by atoms with Gasteiger partial charge in [0.2, 0.25) is 0 Å². The van der Waals surface area contributed by atoms with E-state index in [-0.39, 0.29) is 0 Å². The number of furan rings is 1. The summed E-state index contributed by atoms with van der Waals surface area (Å²) in [5, 5.41) is 9.82. The minimum absolute atomic E-state index is 0.898. The molecule has 62 heavy (non-hydrogen) atoms. The molecule has 1 aromatic heterocycles. The van der Waals surface area contributed by atoms with Crippen LogP contribution in [-0.4, -0.2) is 0 Å². The Bertz CT molecular complexity index is 3610. The van der Waals surface area contributed by atoms with Gasteiger partial charge >= 0.3 is 0 Å². The quantitative estimate of drug-likeness (QED) is 0.150. The van der Waals surface area contributed by atoms with Crippen molar-refractivity contribution in [1.82, 2.24) is 0 Å². The number of rotatable bonds is 7. The van der Waals surface area contributed by atoms with Gasteiger partial charge in [-0.15, -0.1) is 0 Å². The zero-order valence-electron chi connectivity index (χ0n) is 33.9. The Labute approximate surface area is 360 Å². The highest BCUT2D eigenvalue weighted by Crippen LogP contribution is 2.41. The van der Waals surface area contributed by atoms with Gasteiger partial charge in [0.1, 0.15) is 11.2 Å². The lowest BCUT2D eigenvalue weighted by Gasteiger charge is -2.26. The summed E-state index contributed by atoms with van der Waals surface area (Å²) >= 11 is 0. The van der Waals surface area contributed by atoms with Crippen molar-refractivity contribution in [3.63, 3.8) is 0 Å². The minimum Gasteiger partial charge on any atom is -0.456 e. The van der Waals surface area contributed by atoms with Gasteiger partial charge in [-0.2, -0.15) is 0 Å². The third kappa shape index (κ3) is 6.20. The largest absolute Gasteiger partial charge is 0.456 e. The van der Waals surface area contributed by atoms with Gasteiger partial charge in [0.15, 0.2) is 0 Å². The van der Waals surface area contributed by atoms with Crippen LogP contribution in [0.15, 0.2) is 241 Å². The lowest BCUT2D eigenvalue weighted by molar-refractivity contribution is 0.669. The molecule has 0 bridgehead atoms. The second kappa shape index (κ2) is 14.8. The van der Waals surface area contributed by atoms with Gasteiger partial charge in [0, 0.05) is 27.8 Å². The number of benzene rings is 11. The van der Waals surface area contributed by atoms with Crippen LogP contribution in [0.1, 0.15) is 0 Å². The van der Waals surface area contributed by atoms with E-state index in [9.17, 15) is 0 Å². The molecule has 0 unspecified atom stereocenters. The maximum atomic E-state index is 6.18. The van der Waals surface area contributed by atoms with E-state index in [4.69, 9.17) is 4.42 Å². The van der Waals surface area contributed by atoms with E-state index in [1.54, 1.807) is 0 Å². The van der Waals surface area contributed by atoms with Gasteiger partial charge in [0.05, 0.1) is 0 Å². The molecule has 0 amide bonds. The maximum absolute atomic E-state index is 6.18. The van der Waals surface area contributed by atoms with Crippen molar-refractivity contribution in [1.29, 1.82) is 0 Å². The van der Waals surface area contributed by atoms with E-state index in [0.29, 0.717) is 0 Å². The van der Waals surface area contributed by atoms with Crippen LogP contribution in [0, 0.1) is 0 Å². The molecule has 0 saturated carbocycles. The highest BCUT2D eigenvalue weighted by atomic mass is 16.3. The Morgan fingerprint density at radius 1 is 0.242 bits per heavy atom. The van der Waals surface area contributed by atoms with Gasteiger partial charge in [-0.3, -0.25) is 0 Å². The SMILES string of the molecule is c1cc(-c2ccc3oc4ccccc4c3c2)cc(N(c2ccc(-c3ccc(-c4cccc5ccccc45)cc3)cc2)c2ccc(-c3cc4ccccc4c4ccccc34)cc2)c1. The molecule has 290 valence electrons. The topological polar surface area (TPSA) is 16.4 Å². The molecule has 0 aliphatic rings. The maximum Gasteiger partial charge on any atom is 0.135 e. The van der Waals surface area contributed by atoms with E-state index in [0.717, 1.165) is 50.1 Å². The number of anilines is 3. The molecule has 0 aliphatic carbocycles. The molecule has 0 radical (unpaired) electrons. The van der Waals surface area contributed by atoms with Gasteiger partial charge in [-0.25, -0.2) is 0 Å². The predicted octanol–water partition coefficient (Wildman–Crippen LogP) is 17.2. The smallest absolute Gasteiger partial charge is 0.135 e. The van der Waals surface area contributed by atoms with Crippen LogP contribution in [0.25, 0.3) is 98.8 Å².